The van der Waals surface area contributed by atoms with E-state index in [4.69, 9.17) is 14.2 Å². The van der Waals surface area contributed by atoms with E-state index in [1.807, 2.05) is 37.3 Å². The molecule has 232 valence electrons. The van der Waals surface area contributed by atoms with Crippen LogP contribution in [0.15, 0.2) is 76.0 Å². The van der Waals surface area contributed by atoms with Crippen molar-refractivity contribution in [3.05, 3.63) is 89.0 Å². The fourth-order valence-electron chi connectivity index (χ4n) is 4.23. The van der Waals surface area contributed by atoms with Crippen molar-refractivity contribution in [1.29, 1.82) is 5.26 Å². The average molecular weight is 628 g/mol. The summed E-state index contributed by atoms with van der Waals surface area (Å²) in [6.45, 7) is 8.75. The number of hydrogen-bond donors (Lipinski definition) is 1. The molecule has 1 N–H and O–H groups in total. The molecule has 45 heavy (non-hydrogen) atoms. The minimum Gasteiger partial charge on any atom is -0.493 e. The van der Waals surface area contributed by atoms with Gasteiger partial charge in [-0.2, -0.15) is 5.26 Å². The number of aromatic nitrogens is 2. The Labute approximate surface area is 262 Å². The van der Waals surface area contributed by atoms with Crippen molar-refractivity contribution in [3.63, 3.8) is 0 Å². The van der Waals surface area contributed by atoms with Crippen LogP contribution in [0.5, 0.6) is 17.4 Å². The molecule has 1 atom stereocenters. The van der Waals surface area contributed by atoms with Crippen molar-refractivity contribution in [3.8, 4) is 34.7 Å². The molecule has 0 aliphatic carbocycles. The summed E-state index contributed by atoms with van der Waals surface area (Å²) in [6.07, 6.45) is 0.367. The van der Waals surface area contributed by atoms with E-state index < -0.39 is 27.3 Å². The maximum atomic E-state index is 13.9. The lowest BCUT2D eigenvalue weighted by atomic mass is 10.0. The lowest BCUT2D eigenvalue weighted by Gasteiger charge is -2.18. The Bertz CT molecular complexity index is 1930. The molecular formula is C33H33N5O6S. The summed E-state index contributed by atoms with van der Waals surface area (Å²) < 4.78 is 33.8. The fourth-order valence-corrected chi connectivity index (χ4v) is 5.33. The number of hydrogen-bond acceptors (Lipinski definition) is 9. The molecule has 0 aliphatic rings. The highest BCUT2D eigenvalue weighted by Crippen LogP contribution is 2.36. The molecule has 11 nitrogen and oxygen atoms in total. The predicted molar refractivity (Wildman–Crippen MR) is 170 cm³/mol. The average Bonchev–Trinajstić information content (AvgIpc) is 2.97. The first kappa shape index (κ1) is 32.6. The number of amides is 2. The van der Waals surface area contributed by atoms with Gasteiger partial charge in [-0.3, -0.25) is 4.79 Å². The Kier molecular flexibility index (Phi) is 9.54. The molecular weight excluding hydrogens is 594 g/mol. The smallest absolute Gasteiger partial charge is 0.442 e. The number of nitriles is 1. The number of benzene rings is 3. The zero-order valence-electron chi connectivity index (χ0n) is 26.0. The number of rotatable bonds is 7. The number of carbonyl (C=O) groups excluding carboxylic acids is 2. The molecule has 0 aliphatic heterocycles. The number of ether oxygens (including phenoxy) is 3. The van der Waals surface area contributed by atoms with Gasteiger partial charge in [0.25, 0.3) is 11.8 Å². The van der Waals surface area contributed by atoms with Gasteiger partial charge in [0.1, 0.15) is 11.2 Å². The number of aryl methyl sites for hydroxylation is 1. The molecule has 3 aromatic carbocycles. The third-order valence-electron chi connectivity index (χ3n) is 6.41. The van der Waals surface area contributed by atoms with Crippen LogP contribution in [0, 0.1) is 25.2 Å². The predicted octanol–water partition coefficient (Wildman–Crippen LogP) is 7.08. The summed E-state index contributed by atoms with van der Waals surface area (Å²) in [5.74, 6) is -0.193. The maximum Gasteiger partial charge on any atom is 0.442 e. The van der Waals surface area contributed by atoms with Crippen molar-refractivity contribution in [2.45, 2.75) is 45.1 Å². The van der Waals surface area contributed by atoms with E-state index in [9.17, 15) is 19.1 Å². The van der Waals surface area contributed by atoms with E-state index >= 15 is 0 Å². The lowest BCUT2D eigenvalue weighted by Crippen LogP contribution is -2.22. The van der Waals surface area contributed by atoms with E-state index in [0.29, 0.717) is 22.5 Å². The zero-order chi connectivity index (χ0) is 32.9. The number of methoxy groups -OCH3 is 1. The second kappa shape index (κ2) is 13.2. The molecule has 1 unspecified atom stereocenters. The van der Waals surface area contributed by atoms with Gasteiger partial charge in [0.05, 0.1) is 34.2 Å². The second-order valence-corrected chi connectivity index (χ2v) is 13.4. The second-order valence-electron chi connectivity index (χ2n) is 11.2. The summed E-state index contributed by atoms with van der Waals surface area (Å²) in [5.41, 5.74) is 2.71. The van der Waals surface area contributed by atoms with Crippen molar-refractivity contribution in [1.82, 2.24) is 10.2 Å². The number of carbonyl (C=O) groups is 2. The highest BCUT2D eigenvalue weighted by Gasteiger charge is 2.24. The van der Waals surface area contributed by atoms with Gasteiger partial charge in [-0.25, -0.2) is 9.00 Å². The van der Waals surface area contributed by atoms with Crippen molar-refractivity contribution in [2.75, 3.05) is 18.7 Å². The molecule has 0 bridgehead atoms. The number of nitrogens with zero attached hydrogens (tertiary/aromatic N) is 4. The van der Waals surface area contributed by atoms with Gasteiger partial charge in [0, 0.05) is 28.5 Å². The van der Waals surface area contributed by atoms with E-state index in [-0.39, 0.29) is 27.8 Å². The van der Waals surface area contributed by atoms with Crippen molar-refractivity contribution >= 4 is 27.4 Å². The maximum absolute atomic E-state index is 13.9. The van der Waals surface area contributed by atoms with E-state index in [1.54, 1.807) is 58.0 Å². The monoisotopic (exact) mass is 627 g/mol. The summed E-state index contributed by atoms with van der Waals surface area (Å²) in [5, 5.41) is 20.7. The first-order valence-electron chi connectivity index (χ1n) is 13.8. The first-order valence-corrected chi connectivity index (χ1v) is 15.7. The highest BCUT2D eigenvalue weighted by molar-refractivity contribution is 7.93. The Balaban J connectivity index is 1.76. The molecule has 1 aromatic heterocycles. The third-order valence-corrected chi connectivity index (χ3v) is 8.03. The summed E-state index contributed by atoms with van der Waals surface area (Å²) in [4.78, 5) is 26.4. The van der Waals surface area contributed by atoms with Crippen LogP contribution < -0.4 is 14.8 Å². The molecule has 1 heterocycles. The zero-order valence-corrected chi connectivity index (χ0v) is 26.8. The fraction of sp³-hybridized carbons (Fsp3) is 0.242. The Morgan fingerprint density at radius 3 is 2.33 bits per heavy atom. The van der Waals surface area contributed by atoms with Gasteiger partial charge < -0.3 is 19.5 Å². The summed E-state index contributed by atoms with van der Waals surface area (Å²) >= 11 is 0. The summed E-state index contributed by atoms with van der Waals surface area (Å²) in [6, 6.07) is 20.5. The van der Waals surface area contributed by atoms with Gasteiger partial charge in [-0.1, -0.05) is 35.9 Å². The number of anilines is 1. The van der Waals surface area contributed by atoms with Gasteiger partial charge in [0.15, 0.2) is 11.5 Å². The largest absolute Gasteiger partial charge is 0.493 e. The van der Waals surface area contributed by atoms with E-state index in [2.05, 4.69) is 19.9 Å². The SMILES string of the molecule is COc1cc(C#N)ccc1Oc1nnc(-c2ccc(C)cc2)c(C)c1C(=O)Nc1cccc(S(C)(=O)=NC(=O)OC(C)(C)C)c1. The highest BCUT2D eigenvalue weighted by atomic mass is 32.2. The molecule has 0 saturated carbocycles. The van der Waals surface area contributed by atoms with Crippen LogP contribution in [0.3, 0.4) is 0 Å². The molecule has 2 amide bonds. The van der Waals surface area contributed by atoms with Crippen molar-refractivity contribution in [2.24, 2.45) is 4.36 Å². The van der Waals surface area contributed by atoms with Gasteiger partial charge in [-0.15, -0.1) is 14.6 Å². The van der Waals surface area contributed by atoms with Crippen LogP contribution in [0.2, 0.25) is 0 Å². The molecule has 4 rings (SSSR count). The van der Waals surface area contributed by atoms with Gasteiger partial charge >= 0.3 is 6.09 Å². The Hall–Kier alpha value is -5.28. The summed E-state index contributed by atoms with van der Waals surface area (Å²) in [7, 11) is -1.77. The van der Waals surface area contributed by atoms with E-state index in [1.165, 1.54) is 25.5 Å². The van der Waals surface area contributed by atoms with Crippen LogP contribution >= 0.6 is 0 Å². The van der Waals surface area contributed by atoms with Crippen LogP contribution in [-0.4, -0.2) is 45.4 Å². The quantitative estimate of drug-likeness (QED) is 0.226. The third kappa shape index (κ3) is 8.01. The molecule has 4 aromatic rings. The topological polar surface area (TPSA) is 153 Å². The van der Waals surface area contributed by atoms with Crippen LogP contribution in [-0.2, 0) is 14.5 Å². The van der Waals surface area contributed by atoms with Crippen molar-refractivity contribution < 1.29 is 28.0 Å². The minimum atomic E-state index is -3.21. The Morgan fingerprint density at radius 2 is 1.69 bits per heavy atom. The molecule has 0 radical (unpaired) electrons. The number of nitrogens with one attached hydrogen (secondary N) is 1. The molecule has 0 spiro atoms. The minimum absolute atomic E-state index is 0.0908. The van der Waals surface area contributed by atoms with Crippen LogP contribution in [0.25, 0.3) is 11.3 Å². The molecule has 12 heteroatoms. The van der Waals surface area contributed by atoms with E-state index in [0.717, 1.165) is 11.1 Å². The van der Waals surface area contributed by atoms with Crippen LogP contribution in [0.4, 0.5) is 10.5 Å². The standard InChI is InChI=1S/C33H33N5O6S/c1-20-11-14-23(15-12-20)29-21(2)28(31(37-36-29)43-26-16-13-22(19-34)17-27(26)42-6)30(39)35-24-9-8-10-25(18-24)45(7,41)38-32(40)44-33(3,4)5/h8-18H,1-7H3,(H,35,39). The lowest BCUT2D eigenvalue weighted by molar-refractivity contribution is 0.0607. The van der Waals surface area contributed by atoms with Gasteiger partial charge in [-0.05, 0) is 70.5 Å². The Morgan fingerprint density at radius 1 is 0.978 bits per heavy atom. The molecule has 0 saturated heterocycles. The van der Waals surface area contributed by atoms with Gasteiger partial charge in [0.2, 0.25) is 0 Å². The normalized spacial score (nSPS) is 12.3. The molecule has 0 fully saturated rings. The van der Waals surface area contributed by atoms with Crippen LogP contribution in [0.1, 0.15) is 47.8 Å². The first-order chi connectivity index (χ1) is 21.2.